The topological polar surface area (TPSA) is 20.2 Å². The molecule has 1 N–H and O–H groups in total. The largest absolute Gasteiger partial charge is 0.508 e. The lowest BCUT2D eigenvalue weighted by atomic mass is 9.93. The molecule has 1 nitrogen and oxygen atoms in total. The van der Waals surface area contributed by atoms with E-state index in [0.717, 1.165) is 5.56 Å². The van der Waals surface area contributed by atoms with E-state index in [1.807, 2.05) is 13.0 Å². The predicted octanol–water partition coefficient (Wildman–Crippen LogP) is 3.98. The average molecular weight is 212 g/mol. The fraction of sp³-hybridized carbons (Fsp3) is 0.200. The van der Waals surface area contributed by atoms with Gasteiger partial charge in [-0.1, -0.05) is 24.3 Å². The normalized spacial score (nSPS) is 10.4. The monoisotopic (exact) mass is 212 g/mol. The Bertz CT molecular complexity index is 507. The molecular formula is C15H16O. The Hall–Kier alpha value is -1.76. The fourth-order valence-corrected chi connectivity index (χ4v) is 2.17. The third-order valence-electron chi connectivity index (χ3n) is 2.96. The molecule has 0 bridgehead atoms. The fourth-order valence-electron chi connectivity index (χ4n) is 2.17. The molecule has 82 valence electrons. The zero-order chi connectivity index (χ0) is 11.7. The maximum absolute atomic E-state index is 9.42. The summed E-state index contributed by atoms with van der Waals surface area (Å²) < 4.78 is 0. The van der Waals surface area contributed by atoms with E-state index in [-0.39, 0.29) is 0 Å². The van der Waals surface area contributed by atoms with Gasteiger partial charge in [-0.15, -0.1) is 0 Å². The van der Waals surface area contributed by atoms with Gasteiger partial charge in [0.2, 0.25) is 0 Å². The molecular weight excluding hydrogens is 196 g/mol. The van der Waals surface area contributed by atoms with E-state index in [9.17, 15) is 5.11 Å². The Morgan fingerprint density at radius 2 is 1.44 bits per heavy atom. The minimum Gasteiger partial charge on any atom is -0.508 e. The summed E-state index contributed by atoms with van der Waals surface area (Å²) in [4.78, 5) is 0. The highest BCUT2D eigenvalue weighted by molar-refractivity contribution is 5.74. The van der Waals surface area contributed by atoms with Crippen LogP contribution in [-0.2, 0) is 0 Å². The Balaban J connectivity index is 2.68. The van der Waals surface area contributed by atoms with Crippen molar-refractivity contribution in [3.05, 3.63) is 53.1 Å². The first-order chi connectivity index (χ1) is 7.59. The third kappa shape index (κ3) is 1.81. The number of rotatable bonds is 1. The van der Waals surface area contributed by atoms with Gasteiger partial charge in [-0.3, -0.25) is 0 Å². The van der Waals surface area contributed by atoms with E-state index in [1.54, 1.807) is 12.1 Å². The van der Waals surface area contributed by atoms with Crippen molar-refractivity contribution >= 4 is 0 Å². The second-order valence-electron chi connectivity index (χ2n) is 4.27. The zero-order valence-corrected chi connectivity index (χ0v) is 9.91. The van der Waals surface area contributed by atoms with Crippen molar-refractivity contribution in [2.75, 3.05) is 0 Å². The van der Waals surface area contributed by atoms with E-state index in [4.69, 9.17) is 0 Å². The number of benzene rings is 2. The molecule has 0 spiro atoms. The van der Waals surface area contributed by atoms with Crippen molar-refractivity contribution < 1.29 is 5.11 Å². The Morgan fingerprint density at radius 3 is 2.00 bits per heavy atom. The van der Waals surface area contributed by atoms with Crippen LogP contribution in [0.5, 0.6) is 5.75 Å². The van der Waals surface area contributed by atoms with Crippen LogP contribution in [0.2, 0.25) is 0 Å². The smallest absolute Gasteiger partial charge is 0.115 e. The minimum absolute atomic E-state index is 0.326. The van der Waals surface area contributed by atoms with Crippen LogP contribution in [-0.4, -0.2) is 5.11 Å². The van der Waals surface area contributed by atoms with Crippen LogP contribution in [0.1, 0.15) is 16.7 Å². The van der Waals surface area contributed by atoms with Crippen LogP contribution >= 0.6 is 0 Å². The Kier molecular flexibility index (Phi) is 2.69. The van der Waals surface area contributed by atoms with E-state index >= 15 is 0 Å². The standard InChI is InChI=1S/C15H16O/c1-10-5-4-6-11(2)15(10)14-8-7-13(16)9-12(14)3/h4-9,16H,1-3H3. The lowest BCUT2D eigenvalue weighted by Gasteiger charge is -2.12. The van der Waals surface area contributed by atoms with E-state index in [1.165, 1.54) is 22.3 Å². The number of phenols is 1. The minimum atomic E-state index is 0.326. The van der Waals surface area contributed by atoms with Gasteiger partial charge in [0.15, 0.2) is 0 Å². The summed E-state index contributed by atoms with van der Waals surface area (Å²) in [6.07, 6.45) is 0. The van der Waals surface area contributed by atoms with Crippen molar-refractivity contribution in [2.24, 2.45) is 0 Å². The summed E-state index contributed by atoms with van der Waals surface area (Å²) in [6.45, 7) is 6.27. The molecule has 0 heterocycles. The summed E-state index contributed by atoms with van der Waals surface area (Å²) in [5.41, 5.74) is 6.13. The van der Waals surface area contributed by atoms with Crippen molar-refractivity contribution in [3.63, 3.8) is 0 Å². The van der Waals surface area contributed by atoms with E-state index in [0.29, 0.717) is 5.75 Å². The van der Waals surface area contributed by atoms with E-state index in [2.05, 4.69) is 32.0 Å². The van der Waals surface area contributed by atoms with Gasteiger partial charge >= 0.3 is 0 Å². The number of hydrogen-bond donors (Lipinski definition) is 1. The molecule has 0 amide bonds. The summed E-state index contributed by atoms with van der Waals surface area (Å²) in [5, 5.41) is 9.42. The summed E-state index contributed by atoms with van der Waals surface area (Å²) in [6, 6.07) is 11.8. The van der Waals surface area contributed by atoms with Crippen LogP contribution in [0.15, 0.2) is 36.4 Å². The molecule has 0 radical (unpaired) electrons. The number of aryl methyl sites for hydroxylation is 3. The van der Waals surface area contributed by atoms with Crippen LogP contribution in [0.3, 0.4) is 0 Å². The van der Waals surface area contributed by atoms with Gasteiger partial charge in [0.25, 0.3) is 0 Å². The lowest BCUT2D eigenvalue weighted by Crippen LogP contribution is -1.90. The quantitative estimate of drug-likeness (QED) is 0.758. The highest BCUT2D eigenvalue weighted by atomic mass is 16.3. The first-order valence-electron chi connectivity index (χ1n) is 5.46. The van der Waals surface area contributed by atoms with Gasteiger partial charge in [0.05, 0.1) is 0 Å². The molecule has 2 aromatic carbocycles. The van der Waals surface area contributed by atoms with Crippen molar-refractivity contribution in [1.82, 2.24) is 0 Å². The molecule has 0 aliphatic rings. The second kappa shape index (κ2) is 4.01. The van der Waals surface area contributed by atoms with Crippen molar-refractivity contribution in [1.29, 1.82) is 0 Å². The highest BCUT2D eigenvalue weighted by Crippen LogP contribution is 2.31. The van der Waals surface area contributed by atoms with Gasteiger partial charge in [0.1, 0.15) is 5.75 Å². The van der Waals surface area contributed by atoms with Crippen LogP contribution in [0.25, 0.3) is 11.1 Å². The third-order valence-corrected chi connectivity index (χ3v) is 2.96. The van der Waals surface area contributed by atoms with Crippen molar-refractivity contribution in [3.8, 4) is 16.9 Å². The first kappa shape index (κ1) is 10.7. The predicted molar refractivity (Wildman–Crippen MR) is 67.8 cm³/mol. The summed E-state index contributed by atoms with van der Waals surface area (Å²) >= 11 is 0. The Morgan fingerprint density at radius 1 is 0.812 bits per heavy atom. The average Bonchev–Trinajstić information content (AvgIpc) is 2.20. The number of phenolic OH excluding ortho intramolecular Hbond substituents is 1. The molecule has 0 aliphatic carbocycles. The molecule has 16 heavy (non-hydrogen) atoms. The molecule has 0 unspecified atom stereocenters. The van der Waals surface area contributed by atoms with Crippen molar-refractivity contribution in [2.45, 2.75) is 20.8 Å². The van der Waals surface area contributed by atoms with Crippen LogP contribution in [0.4, 0.5) is 0 Å². The van der Waals surface area contributed by atoms with Crippen LogP contribution < -0.4 is 0 Å². The number of aromatic hydroxyl groups is 1. The lowest BCUT2D eigenvalue weighted by molar-refractivity contribution is 0.475. The van der Waals surface area contributed by atoms with Gasteiger partial charge in [-0.2, -0.15) is 0 Å². The van der Waals surface area contributed by atoms with Gasteiger partial charge in [-0.25, -0.2) is 0 Å². The van der Waals surface area contributed by atoms with Gasteiger partial charge < -0.3 is 5.11 Å². The number of hydrogen-bond acceptors (Lipinski definition) is 1. The molecule has 0 saturated heterocycles. The molecule has 0 aromatic heterocycles. The molecule has 1 heteroatoms. The highest BCUT2D eigenvalue weighted by Gasteiger charge is 2.07. The first-order valence-corrected chi connectivity index (χ1v) is 5.46. The van der Waals surface area contributed by atoms with Gasteiger partial charge in [0, 0.05) is 0 Å². The van der Waals surface area contributed by atoms with E-state index < -0.39 is 0 Å². The summed E-state index contributed by atoms with van der Waals surface area (Å²) in [5.74, 6) is 0.326. The Labute approximate surface area is 96.4 Å². The molecule has 0 aliphatic heterocycles. The maximum Gasteiger partial charge on any atom is 0.115 e. The molecule has 2 rings (SSSR count). The van der Waals surface area contributed by atoms with Crippen LogP contribution in [0, 0.1) is 20.8 Å². The second-order valence-corrected chi connectivity index (χ2v) is 4.27. The molecule has 2 aromatic rings. The SMILES string of the molecule is Cc1cc(O)ccc1-c1c(C)cccc1C. The molecule has 0 atom stereocenters. The molecule has 0 fully saturated rings. The summed E-state index contributed by atoms with van der Waals surface area (Å²) in [7, 11) is 0. The molecule has 0 saturated carbocycles. The van der Waals surface area contributed by atoms with Gasteiger partial charge in [-0.05, 0) is 60.7 Å². The maximum atomic E-state index is 9.42. The zero-order valence-electron chi connectivity index (χ0n) is 9.91.